The monoisotopic (exact) mass is 400 g/mol. The molecule has 0 heterocycles. The number of anilines is 2. The van der Waals surface area contributed by atoms with Crippen molar-refractivity contribution in [3.05, 3.63) is 57.8 Å². The van der Waals surface area contributed by atoms with Crippen molar-refractivity contribution in [3.8, 4) is 0 Å². The summed E-state index contributed by atoms with van der Waals surface area (Å²) < 4.78 is 43.5. The van der Waals surface area contributed by atoms with Gasteiger partial charge in [0.15, 0.2) is 0 Å². The van der Waals surface area contributed by atoms with Crippen LogP contribution >= 0.6 is 15.9 Å². The zero-order valence-electron chi connectivity index (χ0n) is 12.2. The molecule has 1 unspecified atom stereocenters. The van der Waals surface area contributed by atoms with Crippen LogP contribution in [0.1, 0.15) is 15.9 Å². The molecular weight excluding hydrogens is 389 g/mol. The Kier molecular flexibility index (Phi) is 5.51. The van der Waals surface area contributed by atoms with Gasteiger partial charge in [0.1, 0.15) is 5.82 Å². The van der Waals surface area contributed by atoms with Crippen molar-refractivity contribution in [2.75, 3.05) is 11.4 Å². The van der Waals surface area contributed by atoms with Crippen molar-refractivity contribution in [3.63, 3.8) is 0 Å². The fourth-order valence-electron chi connectivity index (χ4n) is 2.06. The summed E-state index contributed by atoms with van der Waals surface area (Å²) in [6.45, 7) is 1.74. The Hall–Kier alpha value is -1.77. The Labute approximate surface area is 143 Å². The van der Waals surface area contributed by atoms with E-state index in [0.717, 1.165) is 22.0 Å². The lowest BCUT2D eigenvalue weighted by Crippen LogP contribution is -2.21. The summed E-state index contributed by atoms with van der Waals surface area (Å²) in [5, 5.41) is 0. The molecule has 0 radical (unpaired) electrons. The molecule has 2 aromatic rings. The van der Waals surface area contributed by atoms with Crippen molar-refractivity contribution < 1.29 is 22.7 Å². The Morgan fingerprint density at radius 1 is 1.30 bits per heavy atom. The number of hydrogen-bond donors (Lipinski definition) is 0. The van der Waals surface area contributed by atoms with Crippen LogP contribution in [0.2, 0.25) is 0 Å². The molecule has 0 N–H and O–H groups in total. The third-order valence-corrected chi connectivity index (χ3v) is 4.32. The standard InChI is InChI=1S/C15H13BrFNO4S/c1-9-7-10(16)3-6-14(9)18(23(20)21)11-4-5-12(13(17)8-11)15(19)22-2/h3-8H,1-2H3,(H,20,21)/p-1. The van der Waals surface area contributed by atoms with Crippen molar-refractivity contribution >= 4 is 44.5 Å². The van der Waals surface area contributed by atoms with Gasteiger partial charge >= 0.3 is 5.97 Å². The van der Waals surface area contributed by atoms with Crippen LogP contribution in [0.3, 0.4) is 0 Å². The molecule has 0 bridgehead atoms. The third kappa shape index (κ3) is 3.77. The second kappa shape index (κ2) is 7.20. The smallest absolute Gasteiger partial charge is 0.340 e. The van der Waals surface area contributed by atoms with Crippen LogP contribution in [0, 0.1) is 12.7 Å². The number of methoxy groups -OCH3 is 1. The molecular formula is C15H12BrFNO4S-. The van der Waals surface area contributed by atoms with Gasteiger partial charge in [0, 0.05) is 4.47 Å². The van der Waals surface area contributed by atoms with Gasteiger partial charge in [0.2, 0.25) is 0 Å². The summed E-state index contributed by atoms with van der Waals surface area (Å²) in [5.41, 5.74) is 0.877. The first-order chi connectivity index (χ1) is 10.8. The molecule has 2 aromatic carbocycles. The van der Waals surface area contributed by atoms with Crippen molar-refractivity contribution in [1.29, 1.82) is 0 Å². The molecule has 0 saturated carbocycles. The lowest BCUT2D eigenvalue weighted by molar-refractivity contribution is 0.0595. The number of carbonyl (C=O) groups is 1. The highest BCUT2D eigenvalue weighted by molar-refractivity contribution is 9.10. The molecule has 0 fully saturated rings. The summed E-state index contributed by atoms with van der Waals surface area (Å²) in [5.74, 6) is -1.69. The maximum absolute atomic E-state index is 14.1. The van der Waals surface area contributed by atoms with Crippen LogP contribution in [0.25, 0.3) is 0 Å². The van der Waals surface area contributed by atoms with E-state index in [1.807, 2.05) is 0 Å². The fraction of sp³-hybridized carbons (Fsp3) is 0.133. The summed E-state index contributed by atoms with van der Waals surface area (Å²) in [6, 6.07) is 8.53. The Balaban J connectivity index is 2.53. The maximum atomic E-state index is 14.1. The normalized spacial score (nSPS) is 11.9. The number of carbonyl (C=O) groups excluding carboxylic acids is 1. The molecule has 23 heavy (non-hydrogen) atoms. The third-order valence-electron chi connectivity index (χ3n) is 3.12. The van der Waals surface area contributed by atoms with Crippen molar-refractivity contribution in [2.45, 2.75) is 6.92 Å². The summed E-state index contributed by atoms with van der Waals surface area (Å²) in [6.07, 6.45) is 0. The van der Waals surface area contributed by atoms with Crippen LogP contribution in [-0.4, -0.2) is 21.8 Å². The Morgan fingerprint density at radius 3 is 2.52 bits per heavy atom. The average molecular weight is 401 g/mol. The van der Waals surface area contributed by atoms with E-state index in [4.69, 9.17) is 0 Å². The molecule has 122 valence electrons. The number of hydrogen-bond acceptors (Lipinski definition) is 4. The van der Waals surface area contributed by atoms with Crippen molar-refractivity contribution in [2.24, 2.45) is 0 Å². The minimum atomic E-state index is -2.66. The average Bonchev–Trinajstić information content (AvgIpc) is 2.49. The first-order valence-electron chi connectivity index (χ1n) is 6.38. The molecule has 0 aromatic heterocycles. The van der Waals surface area contributed by atoms with Crippen molar-refractivity contribution in [1.82, 2.24) is 0 Å². The lowest BCUT2D eigenvalue weighted by atomic mass is 10.1. The number of halogens is 2. The molecule has 0 spiro atoms. The largest absolute Gasteiger partial charge is 0.755 e. The highest BCUT2D eigenvalue weighted by Crippen LogP contribution is 2.32. The topological polar surface area (TPSA) is 69.7 Å². The van der Waals surface area contributed by atoms with Gasteiger partial charge in [-0.3, -0.25) is 8.51 Å². The van der Waals surface area contributed by atoms with Gasteiger partial charge in [0.25, 0.3) is 0 Å². The molecule has 1 atom stereocenters. The SMILES string of the molecule is COC(=O)c1ccc(N(c2ccc(Br)cc2C)S(=O)[O-])cc1F. The van der Waals surface area contributed by atoms with E-state index >= 15 is 0 Å². The molecule has 0 amide bonds. The van der Waals surface area contributed by atoms with E-state index in [1.54, 1.807) is 25.1 Å². The van der Waals surface area contributed by atoms with Gasteiger partial charge in [-0.2, -0.15) is 0 Å². The number of esters is 1. The first kappa shape index (κ1) is 17.6. The van der Waals surface area contributed by atoms with E-state index in [0.29, 0.717) is 11.3 Å². The molecule has 0 saturated heterocycles. The minimum absolute atomic E-state index is 0.0777. The molecule has 0 aliphatic carbocycles. The van der Waals surface area contributed by atoms with Gasteiger partial charge in [-0.25, -0.2) is 9.18 Å². The van der Waals surface area contributed by atoms with Crippen LogP contribution in [-0.2, 0) is 16.0 Å². The number of benzene rings is 2. The number of nitrogens with zero attached hydrogens (tertiary/aromatic N) is 1. The molecule has 8 heteroatoms. The van der Waals surface area contributed by atoms with Crippen LogP contribution in [0.5, 0.6) is 0 Å². The zero-order valence-corrected chi connectivity index (χ0v) is 14.6. The first-order valence-corrected chi connectivity index (χ1v) is 8.21. The summed E-state index contributed by atoms with van der Waals surface area (Å²) in [4.78, 5) is 11.4. The van der Waals surface area contributed by atoms with Gasteiger partial charge < -0.3 is 9.29 Å². The van der Waals surface area contributed by atoms with Gasteiger partial charge in [0.05, 0.1) is 35.3 Å². The molecule has 0 aliphatic heterocycles. The Bertz CT molecular complexity index is 784. The van der Waals surface area contributed by atoms with E-state index in [-0.39, 0.29) is 11.3 Å². The number of ether oxygens (including phenoxy) is 1. The van der Waals surface area contributed by atoms with Crippen LogP contribution in [0.4, 0.5) is 15.8 Å². The minimum Gasteiger partial charge on any atom is -0.755 e. The molecule has 0 aliphatic rings. The predicted octanol–water partition coefficient (Wildman–Crippen LogP) is 3.62. The number of aryl methyl sites for hydroxylation is 1. The molecule has 5 nitrogen and oxygen atoms in total. The van der Waals surface area contributed by atoms with Gasteiger partial charge in [-0.1, -0.05) is 15.9 Å². The second-order valence-corrected chi connectivity index (χ2v) is 6.31. The maximum Gasteiger partial charge on any atom is 0.340 e. The van der Waals surface area contributed by atoms with Gasteiger partial charge in [-0.15, -0.1) is 0 Å². The van der Waals surface area contributed by atoms with E-state index < -0.39 is 23.1 Å². The fourth-order valence-corrected chi connectivity index (χ4v) is 3.18. The highest BCUT2D eigenvalue weighted by atomic mass is 79.9. The summed E-state index contributed by atoms with van der Waals surface area (Å²) >= 11 is 0.635. The van der Waals surface area contributed by atoms with Gasteiger partial charge in [-0.05, 0) is 48.9 Å². The highest BCUT2D eigenvalue weighted by Gasteiger charge is 2.18. The van der Waals surface area contributed by atoms with Crippen LogP contribution < -0.4 is 4.31 Å². The van der Waals surface area contributed by atoms with E-state index in [1.165, 1.54) is 12.1 Å². The van der Waals surface area contributed by atoms with E-state index in [2.05, 4.69) is 20.7 Å². The number of rotatable bonds is 4. The molecule has 2 rings (SSSR count). The summed E-state index contributed by atoms with van der Waals surface area (Å²) in [7, 11) is 1.14. The second-order valence-electron chi connectivity index (χ2n) is 4.60. The lowest BCUT2D eigenvalue weighted by Gasteiger charge is -2.28. The predicted molar refractivity (Wildman–Crippen MR) is 87.7 cm³/mol. The van der Waals surface area contributed by atoms with Crippen LogP contribution in [0.15, 0.2) is 40.9 Å². The van der Waals surface area contributed by atoms with E-state index in [9.17, 15) is 17.9 Å². The quantitative estimate of drug-likeness (QED) is 0.580. The Morgan fingerprint density at radius 2 is 2.00 bits per heavy atom. The zero-order chi connectivity index (χ0) is 17.1.